The molecule has 0 saturated heterocycles. The van der Waals surface area contributed by atoms with Gasteiger partial charge in [0.25, 0.3) is 0 Å². The summed E-state index contributed by atoms with van der Waals surface area (Å²) in [6.45, 7) is 4.85. The summed E-state index contributed by atoms with van der Waals surface area (Å²) in [6, 6.07) is 9.50. The van der Waals surface area contributed by atoms with Crippen molar-refractivity contribution >= 4 is 5.91 Å². The van der Waals surface area contributed by atoms with Crippen LogP contribution in [0.25, 0.3) is 0 Å². The topological polar surface area (TPSA) is 50.4 Å². The normalized spacial score (nSPS) is 9.94. The molecular weight excluding hydrogens is 216 g/mol. The van der Waals surface area contributed by atoms with E-state index >= 15 is 0 Å². The number of carbonyl (C=O) groups excluding carboxylic acids is 1. The third-order valence-corrected chi connectivity index (χ3v) is 2.22. The number of carbonyl (C=O) groups is 1. The Balaban J connectivity index is 2.04. The van der Waals surface area contributed by atoms with Crippen LogP contribution in [0.15, 0.2) is 30.3 Å². The van der Waals surface area contributed by atoms with Crippen LogP contribution < -0.4 is 15.4 Å². The molecule has 1 aromatic carbocycles. The molecule has 0 atom stereocenters. The Morgan fingerprint density at radius 3 is 2.71 bits per heavy atom. The Kier molecular flexibility index (Phi) is 6.82. The molecule has 17 heavy (non-hydrogen) atoms. The predicted octanol–water partition coefficient (Wildman–Crippen LogP) is 1.18. The maximum absolute atomic E-state index is 11.4. The quantitative estimate of drug-likeness (QED) is 0.666. The van der Waals surface area contributed by atoms with Gasteiger partial charge < -0.3 is 15.4 Å². The fourth-order valence-corrected chi connectivity index (χ4v) is 1.33. The van der Waals surface area contributed by atoms with Crippen molar-refractivity contribution in [1.29, 1.82) is 0 Å². The second-order valence-corrected chi connectivity index (χ2v) is 3.62. The first-order valence-electron chi connectivity index (χ1n) is 5.98. The Labute approximate surface area is 102 Å². The minimum atomic E-state index is 0.0267. The lowest BCUT2D eigenvalue weighted by Gasteiger charge is -2.07. The van der Waals surface area contributed by atoms with Crippen molar-refractivity contribution in [2.24, 2.45) is 0 Å². The molecule has 0 aliphatic heterocycles. The molecule has 0 unspecified atom stereocenters. The van der Waals surface area contributed by atoms with E-state index in [1.165, 1.54) is 0 Å². The molecule has 0 radical (unpaired) electrons. The Morgan fingerprint density at radius 2 is 2.00 bits per heavy atom. The molecule has 0 aromatic heterocycles. The third-order valence-electron chi connectivity index (χ3n) is 2.22. The first kappa shape index (κ1) is 13.5. The van der Waals surface area contributed by atoms with Crippen LogP contribution in [0.2, 0.25) is 0 Å². The molecule has 2 N–H and O–H groups in total. The highest BCUT2D eigenvalue weighted by Gasteiger charge is 2.00. The van der Waals surface area contributed by atoms with E-state index in [1.807, 2.05) is 37.3 Å². The number of para-hydroxylation sites is 1. The first-order chi connectivity index (χ1) is 8.33. The number of nitrogens with one attached hydrogen (secondary N) is 2. The van der Waals surface area contributed by atoms with Gasteiger partial charge >= 0.3 is 0 Å². The number of ether oxygens (including phenoxy) is 1. The lowest BCUT2D eigenvalue weighted by molar-refractivity contribution is -0.121. The lowest BCUT2D eigenvalue weighted by atomic mass is 10.3. The molecule has 1 rings (SSSR count). The molecule has 94 valence electrons. The zero-order valence-corrected chi connectivity index (χ0v) is 10.2. The molecule has 0 fully saturated rings. The summed E-state index contributed by atoms with van der Waals surface area (Å²) >= 11 is 0. The van der Waals surface area contributed by atoms with Crippen molar-refractivity contribution in [3.63, 3.8) is 0 Å². The van der Waals surface area contributed by atoms with Gasteiger partial charge in [0.2, 0.25) is 5.91 Å². The average molecular weight is 236 g/mol. The molecule has 0 spiro atoms. The standard InChI is InChI=1S/C13H20N2O2/c1-2-14-9-10-15-13(16)8-11-17-12-6-4-3-5-7-12/h3-7,14H,2,8-11H2,1H3,(H,15,16). The summed E-state index contributed by atoms with van der Waals surface area (Å²) in [6.07, 6.45) is 0.390. The van der Waals surface area contributed by atoms with Crippen LogP contribution in [0.1, 0.15) is 13.3 Å². The van der Waals surface area contributed by atoms with Gasteiger partial charge in [0, 0.05) is 13.1 Å². The highest BCUT2D eigenvalue weighted by Crippen LogP contribution is 2.08. The van der Waals surface area contributed by atoms with Gasteiger partial charge in [-0.3, -0.25) is 4.79 Å². The van der Waals surface area contributed by atoms with Crippen molar-refractivity contribution in [1.82, 2.24) is 10.6 Å². The van der Waals surface area contributed by atoms with Crippen molar-refractivity contribution in [3.8, 4) is 5.75 Å². The van der Waals surface area contributed by atoms with Crippen LogP contribution in [0.3, 0.4) is 0 Å². The summed E-state index contributed by atoms with van der Waals surface area (Å²) in [4.78, 5) is 11.4. The molecule has 0 heterocycles. The van der Waals surface area contributed by atoms with Crippen LogP contribution in [-0.4, -0.2) is 32.1 Å². The van der Waals surface area contributed by atoms with Crippen molar-refractivity contribution in [3.05, 3.63) is 30.3 Å². The number of amides is 1. The monoisotopic (exact) mass is 236 g/mol. The van der Waals surface area contributed by atoms with Gasteiger partial charge in [0.05, 0.1) is 13.0 Å². The SMILES string of the molecule is CCNCCNC(=O)CCOc1ccccc1. The molecule has 1 aromatic rings. The number of benzene rings is 1. The van der Waals surface area contributed by atoms with E-state index in [1.54, 1.807) is 0 Å². The van der Waals surface area contributed by atoms with E-state index in [9.17, 15) is 4.79 Å². The lowest BCUT2D eigenvalue weighted by Crippen LogP contribution is -2.32. The molecule has 0 aliphatic rings. The van der Waals surface area contributed by atoms with Crippen LogP contribution in [0.5, 0.6) is 5.75 Å². The summed E-state index contributed by atoms with van der Waals surface area (Å²) in [5.41, 5.74) is 0. The van der Waals surface area contributed by atoms with E-state index < -0.39 is 0 Å². The Morgan fingerprint density at radius 1 is 1.24 bits per heavy atom. The summed E-state index contributed by atoms with van der Waals surface area (Å²) < 4.78 is 5.43. The molecule has 4 nitrogen and oxygen atoms in total. The van der Waals surface area contributed by atoms with E-state index in [2.05, 4.69) is 10.6 Å². The molecule has 0 saturated carbocycles. The number of hydrogen-bond donors (Lipinski definition) is 2. The highest BCUT2D eigenvalue weighted by molar-refractivity contribution is 5.75. The fourth-order valence-electron chi connectivity index (χ4n) is 1.33. The summed E-state index contributed by atoms with van der Waals surface area (Å²) in [5.74, 6) is 0.826. The van der Waals surface area contributed by atoms with Gasteiger partial charge in [0.1, 0.15) is 5.75 Å². The zero-order valence-electron chi connectivity index (χ0n) is 10.2. The van der Waals surface area contributed by atoms with Gasteiger partial charge in [-0.1, -0.05) is 25.1 Å². The second-order valence-electron chi connectivity index (χ2n) is 3.62. The number of hydrogen-bond acceptors (Lipinski definition) is 3. The van der Waals surface area contributed by atoms with Crippen LogP contribution >= 0.6 is 0 Å². The second kappa shape index (κ2) is 8.58. The minimum absolute atomic E-state index is 0.0267. The maximum Gasteiger partial charge on any atom is 0.223 e. The zero-order chi connectivity index (χ0) is 12.3. The van der Waals surface area contributed by atoms with Crippen molar-refractivity contribution in [2.45, 2.75) is 13.3 Å². The largest absolute Gasteiger partial charge is 0.493 e. The maximum atomic E-state index is 11.4. The molecular formula is C13H20N2O2. The highest BCUT2D eigenvalue weighted by atomic mass is 16.5. The first-order valence-corrected chi connectivity index (χ1v) is 5.98. The van der Waals surface area contributed by atoms with E-state index in [0.717, 1.165) is 18.8 Å². The molecule has 1 amide bonds. The number of rotatable bonds is 8. The van der Waals surface area contributed by atoms with E-state index in [-0.39, 0.29) is 5.91 Å². The van der Waals surface area contributed by atoms with E-state index in [4.69, 9.17) is 4.74 Å². The fraction of sp³-hybridized carbons (Fsp3) is 0.462. The number of likely N-dealkylation sites (N-methyl/N-ethyl adjacent to an activating group) is 1. The summed E-state index contributed by atoms with van der Waals surface area (Å²) in [7, 11) is 0. The molecule has 0 aliphatic carbocycles. The van der Waals surface area contributed by atoms with Gasteiger partial charge in [0.15, 0.2) is 0 Å². The van der Waals surface area contributed by atoms with Crippen LogP contribution in [-0.2, 0) is 4.79 Å². The van der Waals surface area contributed by atoms with Gasteiger partial charge in [-0.15, -0.1) is 0 Å². The van der Waals surface area contributed by atoms with Gasteiger partial charge in [-0.25, -0.2) is 0 Å². The third kappa shape index (κ3) is 6.58. The van der Waals surface area contributed by atoms with E-state index in [0.29, 0.717) is 19.6 Å². The van der Waals surface area contributed by atoms with Crippen molar-refractivity contribution < 1.29 is 9.53 Å². The average Bonchev–Trinajstić information content (AvgIpc) is 2.36. The van der Waals surface area contributed by atoms with Crippen LogP contribution in [0.4, 0.5) is 0 Å². The molecule has 4 heteroatoms. The van der Waals surface area contributed by atoms with Gasteiger partial charge in [-0.2, -0.15) is 0 Å². The van der Waals surface area contributed by atoms with Gasteiger partial charge in [-0.05, 0) is 18.7 Å². The predicted molar refractivity (Wildman–Crippen MR) is 68.1 cm³/mol. The van der Waals surface area contributed by atoms with Crippen molar-refractivity contribution in [2.75, 3.05) is 26.2 Å². The Hall–Kier alpha value is -1.55. The smallest absolute Gasteiger partial charge is 0.223 e. The Bertz CT molecular complexity index is 314. The minimum Gasteiger partial charge on any atom is -0.493 e. The summed E-state index contributed by atoms with van der Waals surface area (Å²) in [5, 5.41) is 5.96. The van der Waals surface area contributed by atoms with Crippen LogP contribution in [0, 0.1) is 0 Å². The molecule has 0 bridgehead atoms.